The number of hydrogen-bond acceptors (Lipinski definition) is 8. The number of imidazole rings is 1. The fourth-order valence-electron chi connectivity index (χ4n) is 3.92. The van der Waals surface area contributed by atoms with Crippen molar-refractivity contribution in [2.24, 2.45) is 0 Å². The predicted octanol–water partition coefficient (Wildman–Crippen LogP) is 4.42. The molecular weight excluding hydrogens is 446 g/mol. The number of anilines is 1. The number of rotatable bonds is 6. The van der Waals surface area contributed by atoms with E-state index in [1.54, 1.807) is 25.5 Å². The lowest BCUT2D eigenvalue weighted by Gasteiger charge is -2.22. The van der Waals surface area contributed by atoms with E-state index in [4.69, 9.17) is 9.47 Å². The van der Waals surface area contributed by atoms with Crippen molar-refractivity contribution >= 4 is 23.1 Å². The molecule has 10 heteroatoms. The van der Waals surface area contributed by atoms with Gasteiger partial charge in [-0.2, -0.15) is 0 Å². The Bertz CT molecular complexity index is 1270. The quantitative estimate of drug-likeness (QED) is 0.374. The number of pyridine rings is 1. The summed E-state index contributed by atoms with van der Waals surface area (Å²) in [5, 5.41) is 5.94. The number of aromatic amines is 1. The van der Waals surface area contributed by atoms with Crippen molar-refractivity contribution in [3.63, 3.8) is 0 Å². The molecule has 35 heavy (non-hydrogen) atoms. The van der Waals surface area contributed by atoms with Crippen LogP contribution in [0.2, 0.25) is 0 Å². The van der Waals surface area contributed by atoms with Gasteiger partial charge >= 0.3 is 12.1 Å². The second-order valence-corrected chi connectivity index (χ2v) is 7.91. The van der Waals surface area contributed by atoms with Crippen molar-refractivity contribution < 1.29 is 14.3 Å². The summed E-state index contributed by atoms with van der Waals surface area (Å²) in [6.07, 6.45) is 6.81. The van der Waals surface area contributed by atoms with Crippen LogP contribution in [0.5, 0.6) is 6.01 Å². The maximum Gasteiger partial charge on any atom is 0.413 e. The number of aromatic nitrogens is 5. The molecule has 0 radical (unpaired) electrons. The number of ether oxygens (including phenoxy) is 2. The van der Waals surface area contributed by atoms with Crippen LogP contribution in [0, 0.1) is 0 Å². The molecule has 0 spiro atoms. The Labute approximate surface area is 203 Å². The summed E-state index contributed by atoms with van der Waals surface area (Å²) in [5.74, 6) is 0.295. The lowest BCUT2D eigenvalue weighted by Crippen LogP contribution is -2.37. The van der Waals surface area contributed by atoms with Gasteiger partial charge in [0.05, 0.1) is 23.3 Å². The van der Waals surface area contributed by atoms with E-state index in [1.165, 1.54) is 0 Å². The first-order valence-corrected chi connectivity index (χ1v) is 11.3. The summed E-state index contributed by atoms with van der Waals surface area (Å²) in [4.78, 5) is 32.9. The SMILES string of the molecule is C.CCOC(=O)Nc1nc2c(-c3ccccn3)cc(-c3cnc(OC4CCCNC4)nc3)cc2[nH]1. The van der Waals surface area contributed by atoms with E-state index in [-0.39, 0.29) is 20.1 Å². The van der Waals surface area contributed by atoms with E-state index in [9.17, 15) is 4.79 Å². The molecule has 4 heterocycles. The number of carbonyl (C=O) groups is 1. The molecule has 1 saturated heterocycles. The van der Waals surface area contributed by atoms with Crippen LogP contribution < -0.4 is 15.4 Å². The molecule has 1 fully saturated rings. The fourth-order valence-corrected chi connectivity index (χ4v) is 3.92. The third-order valence-corrected chi connectivity index (χ3v) is 5.51. The summed E-state index contributed by atoms with van der Waals surface area (Å²) in [7, 11) is 0. The zero-order valence-corrected chi connectivity index (χ0v) is 18.7. The van der Waals surface area contributed by atoms with Gasteiger partial charge in [0.25, 0.3) is 0 Å². The minimum Gasteiger partial charge on any atom is -0.459 e. The first-order valence-electron chi connectivity index (χ1n) is 11.3. The second kappa shape index (κ2) is 10.9. The smallest absolute Gasteiger partial charge is 0.413 e. The monoisotopic (exact) mass is 475 g/mol. The van der Waals surface area contributed by atoms with Crippen molar-refractivity contribution in [2.45, 2.75) is 33.3 Å². The summed E-state index contributed by atoms with van der Waals surface area (Å²) >= 11 is 0. The predicted molar refractivity (Wildman–Crippen MR) is 134 cm³/mol. The Balaban J connectivity index is 0.00000289. The van der Waals surface area contributed by atoms with Crippen LogP contribution in [-0.2, 0) is 4.74 Å². The van der Waals surface area contributed by atoms with Gasteiger partial charge in [-0.15, -0.1) is 0 Å². The molecule has 1 aromatic carbocycles. The van der Waals surface area contributed by atoms with Gasteiger partial charge in [-0.3, -0.25) is 10.3 Å². The highest BCUT2D eigenvalue weighted by Gasteiger charge is 2.17. The molecule has 1 atom stereocenters. The summed E-state index contributed by atoms with van der Waals surface area (Å²) in [5.41, 5.74) is 4.69. The number of piperidine rings is 1. The average Bonchev–Trinajstić information content (AvgIpc) is 3.27. The zero-order valence-electron chi connectivity index (χ0n) is 18.7. The molecule has 1 aliphatic heterocycles. The van der Waals surface area contributed by atoms with Crippen LogP contribution in [0.25, 0.3) is 33.4 Å². The normalized spacial score (nSPS) is 15.3. The second-order valence-electron chi connectivity index (χ2n) is 7.91. The topological polar surface area (TPSA) is 127 Å². The Morgan fingerprint density at radius 3 is 2.74 bits per heavy atom. The largest absolute Gasteiger partial charge is 0.459 e. The molecule has 10 nitrogen and oxygen atoms in total. The van der Waals surface area contributed by atoms with Crippen LogP contribution in [0.4, 0.5) is 10.7 Å². The Hall–Kier alpha value is -4.05. The molecule has 5 rings (SSSR count). The molecule has 3 aromatic heterocycles. The summed E-state index contributed by atoms with van der Waals surface area (Å²) in [6.45, 7) is 3.84. The molecule has 4 aromatic rings. The van der Waals surface area contributed by atoms with E-state index in [1.807, 2.05) is 30.3 Å². The van der Waals surface area contributed by atoms with Gasteiger partial charge in [-0.25, -0.2) is 19.7 Å². The van der Waals surface area contributed by atoms with Crippen LogP contribution in [0.15, 0.2) is 48.9 Å². The number of amides is 1. The molecule has 0 aliphatic carbocycles. The van der Waals surface area contributed by atoms with Gasteiger partial charge < -0.3 is 19.8 Å². The Morgan fingerprint density at radius 1 is 1.17 bits per heavy atom. The average molecular weight is 476 g/mol. The van der Waals surface area contributed by atoms with Gasteiger partial charge in [-0.05, 0) is 56.1 Å². The highest BCUT2D eigenvalue weighted by atomic mass is 16.5. The number of fused-ring (bicyclic) bond motifs is 1. The van der Waals surface area contributed by atoms with Crippen molar-refractivity contribution in [3.8, 4) is 28.4 Å². The van der Waals surface area contributed by atoms with Crippen LogP contribution in [0.3, 0.4) is 0 Å². The minimum absolute atomic E-state index is 0. The number of benzene rings is 1. The number of nitrogens with one attached hydrogen (secondary N) is 3. The van der Waals surface area contributed by atoms with Gasteiger partial charge in [0.15, 0.2) is 0 Å². The highest BCUT2D eigenvalue weighted by Crippen LogP contribution is 2.33. The number of hydrogen-bond donors (Lipinski definition) is 3. The van der Waals surface area contributed by atoms with Gasteiger partial charge in [-0.1, -0.05) is 13.5 Å². The molecule has 1 amide bonds. The standard InChI is InChI=1S/C24H25N7O3.CH4/c1-2-33-24(32)31-22-29-20-11-15(10-18(21(20)30-22)19-7-3-4-9-26-19)16-12-27-23(28-13-16)34-17-6-5-8-25-14-17;/h3-4,7,9-13,17,25H,2,5-6,8,14H2,1H3,(H2,29,30,31,32);1H4. The molecule has 182 valence electrons. The number of carbonyl (C=O) groups excluding carboxylic acids is 1. The minimum atomic E-state index is -0.571. The number of nitrogens with zero attached hydrogens (tertiary/aromatic N) is 4. The third-order valence-electron chi connectivity index (χ3n) is 5.51. The van der Waals surface area contributed by atoms with E-state index in [2.05, 4.69) is 35.6 Å². The maximum absolute atomic E-state index is 11.9. The summed E-state index contributed by atoms with van der Waals surface area (Å²) in [6, 6.07) is 9.99. The summed E-state index contributed by atoms with van der Waals surface area (Å²) < 4.78 is 10.9. The van der Waals surface area contributed by atoms with Crippen LogP contribution in [-0.4, -0.2) is 56.8 Å². The van der Waals surface area contributed by atoms with Gasteiger partial charge in [0, 0.05) is 36.3 Å². The highest BCUT2D eigenvalue weighted by molar-refractivity contribution is 5.97. The fraction of sp³-hybridized carbons (Fsp3) is 0.320. The lowest BCUT2D eigenvalue weighted by molar-refractivity contribution is 0.153. The van der Waals surface area contributed by atoms with Crippen molar-refractivity contribution in [1.82, 2.24) is 30.2 Å². The van der Waals surface area contributed by atoms with Crippen LogP contribution in [0.1, 0.15) is 27.2 Å². The zero-order chi connectivity index (χ0) is 23.3. The van der Waals surface area contributed by atoms with Crippen LogP contribution >= 0.6 is 0 Å². The Morgan fingerprint density at radius 2 is 2.03 bits per heavy atom. The van der Waals surface area contributed by atoms with E-state index >= 15 is 0 Å². The number of H-pyrrole nitrogens is 1. The molecule has 3 N–H and O–H groups in total. The molecule has 0 bridgehead atoms. The van der Waals surface area contributed by atoms with E-state index < -0.39 is 6.09 Å². The molecule has 1 aliphatic rings. The van der Waals surface area contributed by atoms with Gasteiger partial charge in [0.2, 0.25) is 5.95 Å². The maximum atomic E-state index is 11.9. The Kier molecular flexibility index (Phi) is 7.51. The van der Waals surface area contributed by atoms with Crippen molar-refractivity contribution in [2.75, 3.05) is 25.0 Å². The molecule has 1 unspecified atom stereocenters. The van der Waals surface area contributed by atoms with Crippen molar-refractivity contribution in [1.29, 1.82) is 0 Å². The molecule has 0 saturated carbocycles. The van der Waals surface area contributed by atoms with E-state index in [0.717, 1.165) is 53.8 Å². The lowest BCUT2D eigenvalue weighted by atomic mass is 10.0. The van der Waals surface area contributed by atoms with Crippen molar-refractivity contribution in [3.05, 3.63) is 48.9 Å². The molecular formula is C25H29N7O3. The third kappa shape index (κ3) is 5.55. The van der Waals surface area contributed by atoms with Gasteiger partial charge in [0.1, 0.15) is 6.10 Å². The first-order chi connectivity index (χ1) is 16.7. The van der Waals surface area contributed by atoms with E-state index in [0.29, 0.717) is 17.5 Å². The first kappa shape index (κ1) is 24.1.